The molecule has 2 amide bonds. The first-order valence-electron chi connectivity index (χ1n) is 8.12. The summed E-state index contributed by atoms with van der Waals surface area (Å²) in [5, 5.41) is 19.8. The lowest BCUT2D eigenvalue weighted by Crippen LogP contribution is -2.52. The smallest absolute Gasteiger partial charge is 0.319 e. The minimum absolute atomic E-state index is 0.0753. The van der Waals surface area contributed by atoms with Crippen molar-refractivity contribution in [2.75, 3.05) is 11.9 Å². The summed E-state index contributed by atoms with van der Waals surface area (Å²) in [6.45, 7) is 5.50. The van der Waals surface area contributed by atoms with E-state index in [1.165, 1.54) is 0 Å². The normalized spacial score (nSPS) is 16.5. The highest BCUT2D eigenvalue weighted by atomic mass is 16.3. The van der Waals surface area contributed by atoms with Crippen LogP contribution >= 0.6 is 0 Å². The lowest BCUT2D eigenvalue weighted by molar-refractivity contribution is 0.159. The minimum Gasteiger partial charge on any atom is -0.394 e. The van der Waals surface area contributed by atoms with E-state index in [-0.39, 0.29) is 12.6 Å². The van der Waals surface area contributed by atoms with Crippen molar-refractivity contribution in [2.24, 2.45) is 5.92 Å². The highest BCUT2D eigenvalue weighted by Gasteiger charge is 2.42. The third-order valence-corrected chi connectivity index (χ3v) is 4.46. The number of hydrogen-bond acceptors (Lipinski definition) is 4. The van der Waals surface area contributed by atoms with Crippen LogP contribution in [0.15, 0.2) is 24.3 Å². The summed E-state index contributed by atoms with van der Waals surface area (Å²) in [6.07, 6.45) is 2.07. The molecule has 1 unspecified atom stereocenters. The summed E-state index contributed by atoms with van der Waals surface area (Å²) in [5.74, 6) is 1.76. The van der Waals surface area contributed by atoms with Crippen LogP contribution in [0, 0.1) is 19.8 Å². The second-order valence-corrected chi connectivity index (χ2v) is 6.56. The number of aromatic nitrogens is 3. The number of aliphatic hydroxyl groups excluding tert-OH is 1. The van der Waals surface area contributed by atoms with E-state index < -0.39 is 5.54 Å². The number of carbonyl (C=O) groups excluding carboxylic acids is 1. The quantitative estimate of drug-likeness (QED) is 0.784. The number of urea groups is 1. The second-order valence-electron chi connectivity index (χ2n) is 6.56. The average Bonchev–Trinajstić information content (AvgIpc) is 3.34. The largest absolute Gasteiger partial charge is 0.394 e. The van der Waals surface area contributed by atoms with E-state index in [2.05, 4.69) is 20.7 Å². The predicted octanol–water partition coefficient (Wildman–Crippen LogP) is 2.17. The van der Waals surface area contributed by atoms with Crippen LogP contribution in [-0.4, -0.2) is 38.0 Å². The molecule has 3 N–H and O–H groups in total. The maximum Gasteiger partial charge on any atom is 0.319 e. The number of rotatable bonds is 5. The van der Waals surface area contributed by atoms with Crippen molar-refractivity contribution in [3.05, 3.63) is 35.9 Å². The molecule has 1 heterocycles. The van der Waals surface area contributed by atoms with Crippen LogP contribution in [0.2, 0.25) is 0 Å². The van der Waals surface area contributed by atoms with E-state index >= 15 is 0 Å². The van der Waals surface area contributed by atoms with E-state index in [1.807, 2.05) is 45.0 Å². The van der Waals surface area contributed by atoms with Crippen LogP contribution < -0.4 is 10.6 Å². The zero-order chi connectivity index (χ0) is 17.3. The summed E-state index contributed by atoms with van der Waals surface area (Å²) in [4.78, 5) is 16.7. The Kier molecular flexibility index (Phi) is 4.28. The number of anilines is 1. The summed E-state index contributed by atoms with van der Waals surface area (Å²) < 4.78 is 1.71. The van der Waals surface area contributed by atoms with Gasteiger partial charge in [0.05, 0.1) is 23.5 Å². The Balaban J connectivity index is 1.80. The number of carbonyl (C=O) groups is 1. The molecule has 0 aliphatic heterocycles. The third-order valence-electron chi connectivity index (χ3n) is 4.46. The topological polar surface area (TPSA) is 92.1 Å². The van der Waals surface area contributed by atoms with Crippen LogP contribution in [0.5, 0.6) is 0 Å². The lowest BCUT2D eigenvalue weighted by Gasteiger charge is -2.29. The van der Waals surface area contributed by atoms with Crippen molar-refractivity contribution in [3.8, 4) is 5.69 Å². The van der Waals surface area contributed by atoms with Gasteiger partial charge < -0.3 is 15.7 Å². The first kappa shape index (κ1) is 16.4. The van der Waals surface area contributed by atoms with E-state index in [0.717, 1.165) is 24.4 Å². The Hall–Kier alpha value is -2.41. The Morgan fingerprint density at radius 2 is 2.08 bits per heavy atom. The highest BCUT2D eigenvalue weighted by Crippen LogP contribution is 2.39. The molecule has 0 bridgehead atoms. The molecule has 1 aliphatic rings. The number of aliphatic hydroxyl groups is 1. The maximum absolute atomic E-state index is 12.4. The van der Waals surface area contributed by atoms with Crippen LogP contribution in [0.25, 0.3) is 5.69 Å². The van der Waals surface area contributed by atoms with Gasteiger partial charge in [-0.3, -0.25) is 0 Å². The molecular weight excluding hydrogens is 306 g/mol. The fourth-order valence-electron chi connectivity index (χ4n) is 2.92. The molecule has 0 spiro atoms. The highest BCUT2D eigenvalue weighted by molar-refractivity contribution is 5.92. The van der Waals surface area contributed by atoms with Crippen LogP contribution in [-0.2, 0) is 0 Å². The fourth-order valence-corrected chi connectivity index (χ4v) is 2.92. The van der Waals surface area contributed by atoms with E-state index in [9.17, 15) is 9.90 Å². The summed E-state index contributed by atoms with van der Waals surface area (Å²) in [6, 6.07) is 7.10. The van der Waals surface area contributed by atoms with Gasteiger partial charge >= 0.3 is 6.03 Å². The van der Waals surface area contributed by atoms with Crippen molar-refractivity contribution >= 4 is 11.7 Å². The van der Waals surface area contributed by atoms with Crippen molar-refractivity contribution in [1.29, 1.82) is 0 Å². The van der Waals surface area contributed by atoms with Gasteiger partial charge in [-0.1, -0.05) is 12.1 Å². The molecule has 7 nitrogen and oxygen atoms in total. The number of amides is 2. The van der Waals surface area contributed by atoms with Gasteiger partial charge in [0, 0.05) is 0 Å². The van der Waals surface area contributed by atoms with Crippen molar-refractivity contribution in [1.82, 2.24) is 20.1 Å². The van der Waals surface area contributed by atoms with E-state index in [1.54, 1.807) is 4.68 Å². The van der Waals surface area contributed by atoms with Gasteiger partial charge in [0.15, 0.2) is 0 Å². The van der Waals surface area contributed by atoms with Gasteiger partial charge in [-0.2, -0.15) is 5.10 Å². The molecule has 0 radical (unpaired) electrons. The number of para-hydroxylation sites is 2. The first-order chi connectivity index (χ1) is 11.4. The molecule has 0 saturated heterocycles. The number of hydrogen-bond donors (Lipinski definition) is 3. The summed E-state index contributed by atoms with van der Waals surface area (Å²) in [5.41, 5.74) is 0.806. The maximum atomic E-state index is 12.4. The number of nitrogens with zero attached hydrogens (tertiary/aromatic N) is 3. The summed E-state index contributed by atoms with van der Waals surface area (Å²) in [7, 11) is 0. The molecule has 128 valence electrons. The summed E-state index contributed by atoms with van der Waals surface area (Å²) >= 11 is 0. The molecule has 24 heavy (non-hydrogen) atoms. The minimum atomic E-state index is -0.585. The molecule has 1 aliphatic carbocycles. The SMILES string of the molecule is Cc1nc(C)n(-c2ccccc2NC(=O)NC(C)(CO)C2CC2)n1. The molecule has 1 aromatic heterocycles. The van der Waals surface area contributed by atoms with Gasteiger partial charge in [-0.05, 0) is 51.7 Å². The predicted molar refractivity (Wildman–Crippen MR) is 91.2 cm³/mol. The van der Waals surface area contributed by atoms with Gasteiger partial charge in [0.2, 0.25) is 0 Å². The molecule has 1 aromatic carbocycles. The lowest BCUT2D eigenvalue weighted by atomic mass is 9.97. The Bertz CT molecular complexity index is 753. The van der Waals surface area contributed by atoms with Gasteiger partial charge in [-0.25, -0.2) is 14.5 Å². The van der Waals surface area contributed by atoms with Crippen LogP contribution in [0.1, 0.15) is 31.4 Å². The standard InChI is InChI=1S/C17H23N5O2/c1-11-18-12(2)22(21-11)15-7-5-4-6-14(15)19-16(24)20-17(3,10-23)13-8-9-13/h4-7,13,23H,8-10H2,1-3H3,(H2,19,20,24). The molecule has 7 heteroatoms. The molecular formula is C17H23N5O2. The Labute approximate surface area is 141 Å². The second kappa shape index (κ2) is 6.24. The van der Waals surface area contributed by atoms with Crippen LogP contribution in [0.3, 0.4) is 0 Å². The monoisotopic (exact) mass is 329 g/mol. The molecule has 1 fully saturated rings. The van der Waals surface area contributed by atoms with E-state index in [4.69, 9.17) is 0 Å². The van der Waals surface area contributed by atoms with Gasteiger partial charge in [-0.15, -0.1) is 0 Å². The zero-order valence-electron chi connectivity index (χ0n) is 14.2. The van der Waals surface area contributed by atoms with Crippen LogP contribution in [0.4, 0.5) is 10.5 Å². The molecule has 3 rings (SSSR count). The van der Waals surface area contributed by atoms with E-state index in [0.29, 0.717) is 17.4 Å². The first-order valence-corrected chi connectivity index (χ1v) is 8.12. The number of benzene rings is 1. The Morgan fingerprint density at radius 3 is 2.67 bits per heavy atom. The van der Waals surface area contributed by atoms with Crippen molar-refractivity contribution in [2.45, 2.75) is 39.2 Å². The number of nitrogens with one attached hydrogen (secondary N) is 2. The Morgan fingerprint density at radius 1 is 1.38 bits per heavy atom. The van der Waals surface area contributed by atoms with Crippen molar-refractivity contribution < 1.29 is 9.90 Å². The zero-order valence-corrected chi connectivity index (χ0v) is 14.2. The van der Waals surface area contributed by atoms with Gasteiger partial charge in [0.1, 0.15) is 11.6 Å². The molecule has 2 aromatic rings. The fraction of sp³-hybridized carbons (Fsp3) is 0.471. The third kappa shape index (κ3) is 3.26. The van der Waals surface area contributed by atoms with Crippen molar-refractivity contribution in [3.63, 3.8) is 0 Å². The molecule has 1 saturated carbocycles. The van der Waals surface area contributed by atoms with Gasteiger partial charge in [0.25, 0.3) is 0 Å². The number of aryl methyl sites for hydroxylation is 2. The molecule has 1 atom stereocenters. The average molecular weight is 329 g/mol.